The number of hydrogen-bond donors (Lipinski definition) is 1. The lowest BCUT2D eigenvalue weighted by Gasteiger charge is -2.33. The number of benzene rings is 4. The normalized spacial score (nSPS) is 12.0. The summed E-state index contributed by atoms with van der Waals surface area (Å²) in [5.41, 5.74) is 6.18. The molecule has 0 saturated heterocycles. The summed E-state index contributed by atoms with van der Waals surface area (Å²) in [6.45, 7) is 8.57. The van der Waals surface area contributed by atoms with Gasteiger partial charge in [-0.15, -0.1) is 0 Å². The van der Waals surface area contributed by atoms with Crippen molar-refractivity contribution in [2.24, 2.45) is 0 Å². The summed E-state index contributed by atoms with van der Waals surface area (Å²) in [7, 11) is -2.54. The fraction of sp³-hybridized carbons (Fsp3) is 0.188. The molecule has 0 unspecified atom stereocenters. The third kappa shape index (κ3) is 5.48. The van der Waals surface area contributed by atoms with Crippen molar-refractivity contribution in [2.45, 2.75) is 38.8 Å². The molecule has 0 spiro atoms. The summed E-state index contributed by atoms with van der Waals surface area (Å²) >= 11 is 0. The summed E-state index contributed by atoms with van der Waals surface area (Å²) < 4.78 is 0. The number of rotatable bonds is 8. The predicted molar refractivity (Wildman–Crippen MR) is 154 cm³/mol. The van der Waals surface area contributed by atoms with Crippen LogP contribution in [0.25, 0.3) is 12.2 Å². The fourth-order valence-corrected chi connectivity index (χ4v) is 8.18. The first-order valence-electron chi connectivity index (χ1n) is 12.4. The minimum absolute atomic E-state index is 0.270. The molecule has 1 N–H and O–H groups in total. The van der Waals surface area contributed by atoms with Crippen LogP contribution in [0.2, 0.25) is 11.1 Å². The van der Waals surface area contributed by atoms with Crippen molar-refractivity contribution >= 4 is 42.7 Å². The van der Waals surface area contributed by atoms with Crippen LogP contribution in [0, 0.1) is 0 Å². The number of anilines is 3. The van der Waals surface area contributed by atoms with Crippen LogP contribution in [-0.4, -0.2) is 13.1 Å². The zero-order valence-electron chi connectivity index (χ0n) is 21.1. The maximum atomic E-state index is 11.5. The molecule has 0 fully saturated rings. The fourth-order valence-electron chi connectivity index (χ4n) is 4.75. The van der Waals surface area contributed by atoms with E-state index in [0.29, 0.717) is 0 Å². The monoisotopic (exact) mass is 477 g/mol. The number of hydrogen-bond acceptors (Lipinski definition) is 2. The van der Waals surface area contributed by atoms with Crippen molar-refractivity contribution in [2.75, 3.05) is 4.90 Å². The van der Waals surface area contributed by atoms with Crippen molar-refractivity contribution in [1.29, 1.82) is 0 Å². The van der Waals surface area contributed by atoms with E-state index < -0.39 is 8.32 Å². The molecule has 178 valence electrons. The summed E-state index contributed by atoms with van der Waals surface area (Å²) in [5, 5.41) is 1.11. The lowest BCUT2D eigenvalue weighted by Crippen LogP contribution is -2.53. The molecular formula is C32H35NOSi. The van der Waals surface area contributed by atoms with Crippen LogP contribution in [0.1, 0.15) is 38.8 Å². The number of para-hydroxylation sites is 2. The van der Waals surface area contributed by atoms with Crippen LogP contribution in [0.5, 0.6) is 0 Å². The van der Waals surface area contributed by atoms with Gasteiger partial charge in [-0.2, -0.15) is 0 Å². The molecule has 35 heavy (non-hydrogen) atoms. The summed E-state index contributed by atoms with van der Waals surface area (Å²) in [6.07, 6.45) is 4.28. The second-order valence-corrected chi connectivity index (χ2v) is 14.2. The Kier molecular flexibility index (Phi) is 7.69. The van der Waals surface area contributed by atoms with E-state index >= 15 is 0 Å². The van der Waals surface area contributed by atoms with E-state index in [9.17, 15) is 4.80 Å². The molecule has 0 bridgehead atoms. The topological polar surface area (TPSA) is 23.5 Å². The second kappa shape index (κ2) is 10.9. The molecule has 0 aliphatic rings. The average molecular weight is 478 g/mol. The lowest BCUT2D eigenvalue weighted by atomic mass is 10.1. The van der Waals surface area contributed by atoms with E-state index in [4.69, 9.17) is 0 Å². The van der Waals surface area contributed by atoms with Gasteiger partial charge in [0.05, 0.1) is 0 Å². The molecule has 0 amide bonds. The third-order valence-corrected chi connectivity index (χ3v) is 11.5. The average Bonchev–Trinajstić information content (AvgIpc) is 2.89. The molecule has 3 heteroatoms. The molecular weight excluding hydrogens is 442 g/mol. The van der Waals surface area contributed by atoms with Crippen molar-refractivity contribution in [3.8, 4) is 0 Å². The van der Waals surface area contributed by atoms with Gasteiger partial charge in [0.2, 0.25) is 8.32 Å². The maximum absolute atomic E-state index is 11.5. The molecule has 4 rings (SSSR count). The largest absolute Gasteiger partial charge is 0.427 e. The Morgan fingerprint density at radius 2 is 1.06 bits per heavy atom. The Morgan fingerprint density at radius 1 is 0.571 bits per heavy atom. The van der Waals surface area contributed by atoms with Gasteiger partial charge in [0.25, 0.3) is 0 Å². The quantitative estimate of drug-likeness (QED) is 0.204. The molecule has 0 aliphatic heterocycles. The molecule has 2 nitrogen and oxygen atoms in total. The Balaban J connectivity index is 1.59. The van der Waals surface area contributed by atoms with Crippen LogP contribution >= 0.6 is 0 Å². The van der Waals surface area contributed by atoms with Gasteiger partial charge >= 0.3 is 0 Å². The first-order chi connectivity index (χ1) is 16.9. The Morgan fingerprint density at radius 3 is 1.57 bits per heavy atom. The SMILES string of the molecule is CC(C)[Si](O)(c1cccc(/C=C/c2ccc(N(c3ccccc3)c3ccccc3)cc2)c1)C(C)C. The van der Waals surface area contributed by atoms with E-state index in [1.807, 2.05) is 12.1 Å². The smallest absolute Gasteiger partial charge is 0.225 e. The first kappa shape index (κ1) is 24.7. The van der Waals surface area contributed by atoms with Crippen LogP contribution in [0.4, 0.5) is 17.1 Å². The second-order valence-electron chi connectivity index (χ2n) is 9.69. The van der Waals surface area contributed by atoms with Gasteiger partial charge < -0.3 is 9.70 Å². The molecule has 0 radical (unpaired) electrons. The van der Waals surface area contributed by atoms with E-state index in [1.165, 1.54) is 0 Å². The van der Waals surface area contributed by atoms with Crippen LogP contribution in [-0.2, 0) is 0 Å². The van der Waals surface area contributed by atoms with Gasteiger partial charge in [0.1, 0.15) is 0 Å². The summed E-state index contributed by atoms with van der Waals surface area (Å²) in [5.74, 6) is 0. The van der Waals surface area contributed by atoms with Crippen LogP contribution < -0.4 is 10.1 Å². The maximum Gasteiger partial charge on any atom is 0.225 e. The van der Waals surface area contributed by atoms with E-state index in [1.54, 1.807) is 0 Å². The van der Waals surface area contributed by atoms with E-state index in [2.05, 4.69) is 142 Å². The minimum Gasteiger partial charge on any atom is -0.427 e. The molecule has 0 heterocycles. The zero-order chi connectivity index (χ0) is 24.8. The summed E-state index contributed by atoms with van der Waals surface area (Å²) in [4.78, 5) is 13.8. The molecule has 0 aromatic heterocycles. The zero-order valence-corrected chi connectivity index (χ0v) is 22.1. The Labute approximate surface area is 211 Å². The lowest BCUT2D eigenvalue weighted by molar-refractivity contribution is 0.513. The Bertz CT molecular complexity index is 1200. The first-order valence-corrected chi connectivity index (χ1v) is 14.5. The predicted octanol–water partition coefficient (Wildman–Crippen LogP) is 8.29. The molecule has 0 atom stereocenters. The van der Waals surface area contributed by atoms with Crippen molar-refractivity contribution in [1.82, 2.24) is 0 Å². The standard InChI is InChI=1S/C32H35NOSi/c1-25(2)35(34,26(3)4)32-17-11-12-28(24-32)19-18-27-20-22-31(23-21-27)33(29-13-7-5-8-14-29)30-15-9-6-10-16-30/h5-26,34H,1-4H3/b19-18+. The van der Waals surface area contributed by atoms with Gasteiger partial charge in [0.15, 0.2) is 0 Å². The summed E-state index contributed by atoms with van der Waals surface area (Å²) in [6, 6.07) is 38.0. The highest BCUT2D eigenvalue weighted by Gasteiger charge is 2.40. The van der Waals surface area contributed by atoms with Crippen LogP contribution in [0.3, 0.4) is 0 Å². The van der Waals surface area contributed by atoms with Gasteiger partial charge in [-0.1, -0.05) is 113 Å². The minimum atomic E-state index is -2.54. The molecule has 4 aromatic carbocycles. The van der Waals surface area contributed by atoms with Crippen molar-refractivity contribution in [3.05, 3.63) is 120 Å². The molecule has 0 saturated carbocycles. The van der Waals surface area contributed by atoms with Gasteiger partial charge in [-0.05, 0) is 63.8 Å². The highest BCUT2D eigenvalue weighted by molar-refractivity contribution is 6.87. The van der Waals surface area contributed by atoms with Crippen LogP contribution in [0.15, 0.2) is 109 Å². The highest BCUT2D eigenvalue weighted by Crippen LogP contribution is 2.34. The van der Waals surface area contributed by atoms with Crippen molar-refractivity contribution < 1.29 is 4.80 Å². The Hall–Kier alpha value is -3.40. The van der Waals surface area contributed by atoms with Gasteiger partial charge in [-0.3, -0.25) is 0 Å². The molecule has 4 aromatic rings. The van der Waals surface area contributed by atoms with Crippen molar-refractivity contribution in [3.63, 3.8) is 0 Å². The van der Waals surface area contributed by atoms with E-state index in [-0.39, 0.29) is 11.1 Å². The van der Waals surface area contributed by atoms with E-state index in [0.717, 1.165) is 33.4 Å². The third-order valence-electron chi connectivity index (χ3n) is 6.76. The molecule has 0 aliphatic carbocycles. The number of nitrogens with zero attached hydrogens (tertiary/aromatic N) is 1. The van der Waals surface area contributed by atoms with Gasteiger partial charge in [0, 0.05) is 17.1 Å². The van der Waals surface area contributed by atoms with Gasteiger partial charge in [-0.25, -0.2) is 0 Å². The highest BCUT2D eigenvalue weighted by atomic mass is 28.4.